The van der Waals surface area contributed by atoms with Crippen molar-refractivity contribution in [2.75, 3.05) is 13.1 Å². The summed E-state index contributed by atoms with van der Waals surface area (Å²) >= 11 is 0. The van der Waals surface area contributed by atoms with Crippen LogP contribution in [0.25, 0.3) is 11.3 Å². The van der Waals surface area contributed by atoms with E-state index in [1.165, 1.54) is 0 Å². The number of nitrogens with one attached hydrogen (secondary N) is 1. The Bertz CT molecular complexity index is 834. The minimum atomic E-state index is -2.57. The standard InChI is InChI=1S/C22H28F2N4O/c1-16-20(17-5-3-2-4-6-17)25-15-28(16)19-9-13-27(14-10-19)21(29)26-18-7-11-22(23,24)12-8-18/h2-6,15,18-19H,7-14H2,1H3,(H,26,29). The van der Waals surface area contributed by atoms with Crippen molar-refractivity contribution in [3.63, 3.8) is 0 Å². The van der Waals surface area contributed by atoms with E-state index in [2.05, 4.69) is 33.9 Å². The first kappa shape index (κ1) is 19.9. The summed E-state index contributed by atoms with van der Waals surface area (Å²) in [6.45, 7) is 3.42. The van der Waals surface area contributed by atoms with Crippen molar-refractivity contribution in [1.82, 2.24) is 19.8 Å². The molecule has 1 aromatic heterocycles. The lowest BCUT2D eigenvalue weighted by Gasteiger charge is -2.35. The third kappa shape index (κ3) is 4.43. The number of urea groups is 1. The summed E-state index contributed by atoms with van der Waals surface area (Å²) in [5.41, 5.74) is 3.25. The van der Waals surface area contributed by atoms with Crippen LogP contribution in [0.15, 0.2) is 36.7 Å². The Morgan fingerprint density at radius 3 is 2.41 bits per heavy atom. The quantitative estimate of drug-likeness (QED) is 0.803. The highest BCUT2D eigenvalue weighted by Crippen LogP contribution is 2.33. The summed E-state index contributed by atoms with van der Waals surface area (Å²) in [5.74, 6) is -2.57. The van der Waals surface area contributed by atoms with Gasteiger partial charge in [-0.1, -0.05) is 30.3 Å². The molecule has 2 aliphatic rings. The zero-order chi connectivity index (χ0) is 20.4. The number of alkyl halides is 2. The van der Waals surface area contributed by atoms with Crippen LogP contribution in [0.3, 0.4) is 0 Å². The number of piperidine rings is 1. The molecule has 2 aromatic rings. The fraction of sp³-hybridized carbons (Fsp3) is 0.545. The van der Waals surface area contributed by atoms with Crippen LogP contribution in [0.1, 0.15) is 50.3 Å². The molecule has 0 bridgehead atoms. The monoisotopic (exact) mass is 402 g/mol. The van der Waals surface area contributed by atoms with Gasteiger partial charge in [0, 0.05) is 49.3 Å². The van der Waals surface area contributed by atoms with Crippen LogP contribution in [-0.2, 0) is 0 Å². The number of rotatable bonds is 3. The highest BCUT2D eigenvalue weighted by molar-refractivity contribution is 5.74. The molecule has 0 unspecified atom stereocenters. The van der Waals surface area contributed by atoms with Crippen LogP contribution in [0.4, 0.5) is 13.6 Å². The largest absolute Gasteiger partial charge is 0.335 e. The lowest BCUT2D eigenvalue weighted by Crippen LogP contribution is -2.49. The molecule has 0 spiro atoms. The van der Waals surface area contributed by atoms with E-state index in [0.29, 0.717) is 32.0 Å². The molecule has 2 heterocycles. The second kappa shape index (κ2) is 8.13. The van der Waals surface area contributed by atoms with Crippen molar-refractivity contribution >= 4 is 6.03 Å². The normalized spacial score (nSPS) is 20.6. The average Bonchev–Trinajstić information content (AvgIpc) is 3.11. The van der Waals surface area contributed by atoms with Gasteiger partial charge in [-0.2, -0.15) is 0 Å². The number of imidazole rings is 1. The molecular formula is C22H28F2N4O. The summed E-state index contributed by atoms with van der Waals surface area (Å²) in [6.07, 6.45) is 4.06. The first-order valence-corrected chi connectivity index (χ1v) is 10.4. The maximum Gasteiger partial charge on any atom is 0.317 e. The predicted molar refractivity (Wildman–Crippen MR) is 108 cm³/mol. The number of amides is 2. The Labute approximate surface area is 170 Å². The van der Waals surface area contributed by atoms with Crippen LogP contribution in [-0.4, -0.2) is 45.5 Å². The third-order valence-electron chi connectivity index (χ3n) is 6.28. The summed E-state index contributed by atoms with van der Waals surface area (Å²) in [4.78, 5) is 19.0. The van der Waals surface area contributed by atoms with E-state index in [4.69, 9.17) is 0 Å². The Morgan fingerprint density at radius 1 is 1.10 bits per heavy atom. The molecule has 1 aromatic carbocycles. The molecular weight excluding hydrogens is 374 g/mol. The van der Waals surface area contributed by atoms with E-state index < -0.39 is 5.92 Å². The fourth-order valence-electron chi connectivity index (χ4n) is 4.47. The summed E-state index contributed by atoms with van der Waals surface area (Å²) < 4.78 is 28.8. The molecule has 7 heteroatoms. The molecule has 2 fully saturated rings. The second-order valence-electron chi connectivity index (χ2n) is 8.25. The topological polar surface area (TPSA) is 50.2 Å². The average molecular weight is 402 g/mol. The molecule has 2 amide bonds. The van der Waals surface area contributed by atoms with Crippen molar-refractivity contribution in [3.05, 3.63) is 42.4 Å². The zero-order valence-corrected chi connectivity index (χ0v) is 16.8. The molecule has 1 N–H and O–H groups in total. The highest BCUT2D eigenvalue weighted by Gasteiger charge is 2.36. The maximum absolute atomic E-state index is 13.3. The Hall–Kier alpha value is -2.44. The van der Waals surface area contributed by atoms with E-state index in [0.717, 1.165) is 29.8 Å². The Kier molecular flexibility index (Phi) is 5.56. The van der Waals surface area contributed by atoms with Crippen molar-refractivity contribution < 1.29 is 13.6 Å². The van der Waals surface area contributed by atoms with Crippen LogP contribution in [0.5, 0.6) is 0 Å². The van der Waals surface area contributed by atoms with Crippen LogP contribution in [0, 0.1) is 6.92 Å². The van der Waals surface area contributed by atoms with Crippen LogP contribution in [0.2, 0.25) is 0 Å². The molecule has 156 valence electrons. The number of aromatic nitrogens is 2. The van der Waals surface area contributed by atoms with Crippen LogP contribution < -0.4 is 5.32 Å². The molecule has 1 saturated carbocycles. The first-order valence-electron chi connectivity index (χ1n) is 10.4. The SMILES string of the molecule is Cc1c(-c2ccccc2)ncn1C1CCN(C(=O)NC2CCC(F)(F)CC2)CC1. The molecule has 4 rings (SSSR count). The first-order chi connectivity index (χ1) is 13.9. The number of carbonyl (C=O) groups is 1. The molecule has 29 heavy (non-hydrogen) atoms. The molecule has 0 atom stereocenters. The van der Waals surface area contributed by atoms with Gasteiger partial charge in [0.25, 0.3) is 0 Å². The highest BCUT2D eigenvalue weighted by atomic mass is 19.3. The van der Waals surface area contributed by atoms with E-state index in [-0.39, 0.29) is 24.9 Å². The predicted octanol–water partition coefficient (Wildman–Crippen LogP) is 4.78. The molecule has 5 nitrogen and oxygen atoms in total. The van der Waals surface area contributed by atoms with Gasteiger partial charge in [-0.25, -0.2) is 18.6 Å². The minimum Gasteiger partial charge on any atom is -0.335 e. The van der Waals surface area contributed by atoms with Gasteiger partial charge in [-0.15, -0.1) is 0 Å². The van der Waals surface area contributed by atoms with Gasteiger partial charge < -0.3 is 14.8 Å². The van der Waals surface area contributed by atoms with E-state index >= 15 is 0 Å². The Balaban J connectivity index is 1.32. The fourth-order valence-corrected chi connectivity index (χ4v) is 4.47. The van der Waals surface area contributed by atoms with Gasteiger partial charge in [0.15, 0.2) is 0 Å². The third-order valence-corrected chi connectivity index (χ3v) is 6.28. The van der Waals surface area contributed by atoms with Gasteiger partial charge in [-0.3, -0.25) is 0 Å². The second-order valence-corrected chi connectivity index (χ2v) is 8.25. The smallest absolute Gasteiger partial charge is 0.317 e. The number of likely N-dealkylation sites (tertiary alicyclic amines) is 1. The van der Waals surface area contributed by atoms with Gasteiger partial charge in [0.1, 0.15) is 0 Å². The van der Waals surface area contributed by atoms with E-state index in [1.54, 1.807) is 0 Å². The number of nitrogens with zero attached hydrogens (tertiary/aromatic N) is 3. The van der Waals surface area contributed by atoms with Crippen molar-refractivity contribution in [3.8, 4) is 11.3 Å². The van der Waals surface area contributed by atoms with Crippen LogP contribution >= 0.6 is 0 Å². The lowest BCUT2D eigenvalue weighted by atomic mass is 9.92. The maximum atomic E-state index is 13.3. The van der Waals surface area contributed by atoms with Gasteiger partial charge >= 0.3 is 6.03 Å². The molecule has 1 aliphatic carbocycles. The van der Waals surface area contributed by atoms with E-state index in [9.17, 15) is 13.6 Å². The molecule has 1 aliphatic heterocycles. The minimum absolute atomic E-state index is 0.119. The van der Waals surface area contributed by atoms with E-state index in [1.807, 2.05) is 29.4 Å². The summed E-state index contributed by atoms with van der Waals surface area (Å²) in [6, 6.07) is 10.2. The van der Waals surface area contributed by atoms with Crippen molar-refractivity contribution in [2.45, 2.75) is 63.5 Å². The van der Waals surface area contributed by atoms with Gasteiger partial charge in [0.2, 0.25) is 5.92 Å². The number of carbonyl (C=O) groups excluding carboxylic acids is 1. The molecule has 0 radical (unpaired) electrons. The zero-order valence-electron chi connectivity index (χ0n) is 16.8. The van der Waals surface area contributed by atoms with Crippen molar-refractivity contribution in [2.24, 2.45) is 0 Å². The van der Waals surface area contributed by atoms with Crippen molar-refractivity contribution in [1.29, 1.82) is 0 Å². The Morgan fingerprint density at radius 2 is 1.76 bits per heavy atom. The number of hydrogen-bond donors (Lipinski definition) is 1. The molecule has 1 saturated heterocycles. The summed E-state index contributed by atoms with van der Waals surface area (Å²) in [5, 5.41) is 2.95. The van der Waals surface area contributed by atoms with Gasteiger partial charge in [0.05, 0.1) is 12.0 Å². The number of benzene rings is 1. The number of hydrogen-bond acceptors (Lipinski definition) is 2. The number of halogens is 2. The van der Waals surface area contributed by atoms with Gasteiger partial charge in [-0.05, 0) is 32.6 Å². The summed E-state index contributed by atoms with van der Waals surface area (Å²) in [7, 11) is 0. The lowest BCUT2D eigenvalue weighted by molar-refractivity contribution is -0.0398.